The van der Waals surface area contributed by atoms with E-state index in [1.165, 1.54) is 30.3 Å². The van der Waals surface area contributed by atoms with E-state index in [9.17, 15) is 4.79 Å². The summed E-state index contributed by atoms with van der Waals surface area (Å²) in [5.74, 6) is 0.345. The normalized spacial score (nSPS) is 15.1. The highest BCUT2D eigenvalue weighted by atomic mass is 16.1. The van der Waals surface area contributed by atoms with Gasteiger partial charge < -0.3 is 15.2 Å². The van der Waals surface area contributed by atoms with E-state index in [2.05, 4.69) is 21.7 Å². The van der Waals surface area contributed by atoms with Crippen LogP contribution in [-0.2, 0) is 7.05 Å². The molecule has 1 aliphatic carbocycles. The summed E-state index contributed by atoms with van der Waals surface area (Å²) in [7, 11) is 1.72. The van der Waals surface area contributed by atoms with Crippen molar-refractivity contribution in [3.63, 3.8) is 0 Å². The van der Waals surface area contributed by atoms with Crippen LogP contribution >= 0.6 is 0 Å². The first-order valence-corrected chi connectivity index (χ1v) is 7.37. The molecule has 21 heavy (non-hydrogen) atoms. The zero-order valence-electron chi connectivity index (χ0n) is 12.2. The molecule has 0 bridgehead atoms. The summed E-state index contributed by atoms with van der Waals surface area (Å²) in [4.78, 5) is 16.1. The number of benzene rings is 1. The number of nitrogens with zero attached hydrogens (tertiary/aromatic N) is 2. The third-order valence-corrected chi connectivity index (χ3v) is 3.87. The van der Waals surface area contributed by atoms with Gasteiger partial charge in [0.05, 0.1) is 0 Å². The molecule has 1 aliphatic rings. The summed E-state index contributed by atoms with van der Waals surface area (Å²) in [6.45, 7) is 0. The minimum absolute atomic E-state index is 0.133. The van der Waals surface area contributed by atoms with Gasteiger partial charge >= 0.3 is 0 Å². The molecule has 0 atom stereocenters. The van der Waals surface area contributed by atoms with Crippen molar-refractivity contribution in [2.45, 2.75) is 31.7 Å². The van der Waals surface area contributed by atoms with E-state index in [-0.39, 0.29) is 5.56 Å². The summed E-state index contributed by atoms with van der Waals surface area (Å²) in [6.07, 6.45) is 8.34. The van der Waals surface area contributed by atoms with Crippen molar-refractivity contribution in [1.29, 1.82) is 0 Å². The average molecular weight is 284 g/mol. The van der Waals surface area contributed by atoms with Crippen molar-refractivity contribution in [1.82, 2.24) is 9.55 Å². The predicted molar refractivity (Wildman–Crippen MR) is 85.1 cm³/mol. The summed E-state index contributed by atoms with van der Waals surface area (Å²) >= 11 is 0. The highest BCUT2D eigenvalue weighted by Gasteiger charge is 2.14. The van der Waals surface area contributed by atoms with Crippen LogP contribution in [0, 0.1) is 0 Å². The number of hydrogen-bond acceptors (Lipinski definition) is 4. The Balaban J connectivity index is 1.76. The summed E-state index contributed by atoms with van der Waals surface area (Å²) in [6, 6.07) is 8.57. The fraction of sp³-hybridized carbons (Fsp3) is 0.375. The van der Waals surface area contributed by atoms with Gasteiger partial charge in [0.2, 0.25) is 0 Å². The van der Waals surface area contributed by atoms with Gasteiger partial charge in [-0.25, -0.2) is 4.98 Å². The van der Waals surface area contributed by atoms with Crippen LogP contribution < -0.4 is 16.2 Å². The molecule has 0 spiro atoms. The molecule has 0 amide bonds. The standard InChI is InChI=1S/C16H20N4O/c1-20-10-9-17-15(16(20)21)19-14-8-4-7-13(11-14)18-12-5-2-3-6-12/h4,7-12,18H,2-3,5-6H2,1H3,(H,17,19). The zero-order valence-corrected chi connectivity index (χ0v) is 12.2. The predicted octanol–water partition coefficient (Wildman–Crippen LogP) is 2.88. The number of hydrogen-bond donors (Lipinski definition) is 2. The fourth-order valence-corrected chi connectivity index (χ4v) is 2.71. The van der Waals surface area contributed by atoms with E-state index in [4.69, 9.17) is 0 Å². The van der Waals surface area contributed by atoms with Gasteiger partial charge in [0, 0.05) is 36.9 Å². The molecule has 0 radical (unpaired) electrons. The second-order valence-electron chi connectivity index (χ2n) is 5.52. The highest BCUT2D eigenvalue weighted by Crippen LogP contribution is 2.24. The molecule has 0 aliphatic heterocycles. The van der Waals surface area contributed by atoms with Crippen molar-refractivity contribution in [2.75, 3.05) is 10.6 Å². The molecule has 1 aromatic heterocycles. The third kappa shape index (κ3) is 3.24. The average Bonchev–Trinajstić information content (AvgIpc) is 2.97. The topological polar surface area (TPSA) is 59.0 Å². The van der Waals surface area contributed by atoms with E-state index in [0.29, 0.717) is 11.9 Å². The minimum atomic E-state index is -0.133. The maximum Gasteiger partial charge on any atom is 0.293 e. The van der Waals surface area contributed by atoms with Gasteiger partial charge in [-0.1, -0.05) is 18.9 Å². The molecule has 2 aromatic rings. The molecule has 2 N–H and O–H groups in total. The SMILES string of the molecule is Cn1ccnc(Nc2cccc(NC3CCCC3)c2)c1=O. The maximum absolute atomic E-state index is 12.0. The van der Waals surface area contributed by atoms with Crippen molar-refractivity contribution < 1.29 is 0 Å². The van der Waals surface area contributed by atoms with Crippen molar-refractivity contribution in [2.24, 2.45) is 7.05 Å². The smallest absolute Gasteiger partial charge is 0.293 e. The first-order chi connectivity index (χ1) is 10.2. The lowest BCUT2D eigenvalue weighted by molar-refractivity contribution is 0.755. The highest BCUT2D eigenvalue weighted by molar-refractivity contribution is 5.62. The summed E-state index contributed by atoms with van der Waals surface area (Å²) < 4.78 is 1.51. The third-order valence-electron chi connectivity index (χ3n) is 3.87. The second kappa shape index (κ2) is 5.99. The molecule has 0 saturated heterocycles. The summed E-state index contributed by atoms with van der Waals surface area (Å²) in [5.41, 5.74) is 1.82. The van der Waals surface area contributed by atoms with Crippen LogP contribution in [0.25, 0.3) is 0 Å². The van der Waals surface area contributed by atoms with E-state index >= 15 is 0 Å². The van der Waals surface area contributed by atoms with Gasteiger partial charge in [-0.05, 0) is 31.0 Å². The Bertz CT molecular complexity index is 674. The fourth-order valence-electron chi connectivity index (χ4n) is 2.71. The van der Waals surface area contributed by atoms with Crippen LogP contribution in [-0.4, -0.2) is 15.6 Å². The Labute approximate surface area is 124 Å². The van der Waals surface area contributed by atoms with E-state index in [1.54, 1.807) is 19.4 Å². The number of anilines is 3. The van der Waals surface area contributed by atoms with Crippen LogP contribution in [0.5, 0.6) is 0 Å². The van der Waals surface area contributed by atoms with E-state index in [1.807, 2.05) is 18.2 Å². The van der Waals surface area contributed by atoms with Crippen molar-refractivity contribution in [3.8, 4) is 0 Å². The van der Waals surface area contributed by atoms with Gasteiger partial charge in [-0.3, -0.25) is 4.79 Å². The summed E-state index contributed by atoms with van der Waals surface area (Å²) in [5, 5.41) is 6.64. The van der Waals surface area contributed by atoms with E-state index in [0.717, 1.165) is 11.4 Å². The largest absolute Gasteiger partial charge is 0.382 e. The Kier molecular flexibility index (Phi) is 3.90. The molecule has 1 heterocycles. The number of rotatable bonds is 4. The van der Waals surface area contributed by atoms with Crippen molar-refractivity contribution in [3.05, 3.63) is 47.0 Å². The Morgan fingerprint density at radius 2 is 2.00 bits per heavy atom. The molecular weight excluding hydrogens is 264 g/mol. The van der Waals surface area contributed by atoms with Crippen molar-refractivity contribution >= 4 is 17.2 Å². The van der Waals surface area contributed by atoms with Gasteiger partial charge in [0.15, 0.2) is 5.82 Å². The first-order valence-electron chi connectivity index (χ1n) is 7.37. The molecule has 1 fully saturated rings. The van der Waals surface area contributed by atoms with E-state index < -0.39 is 0 Å². The van der Waals surface area contributed by atoms with Crippen LogP contribution in [0.2, 0.25) is 0 Å². The maximum atomic E-state index is 12.0. The molecule has 0 unspecified atom stereocenters. The van der Waals surface area contributed by atoms with Crippen LogP contribution in [0.15, 0.2) is 41.5 Å². The number of nitrogens with one attached hydrogen (secondary N) is 2. The Morgan fingerprint density at radius 1 is 1.24 bits per heavy atom. The molecule has 1 aromatic carbocycles. The van der Waals surface area contributed by atoms with Crippen LogP contribution in [0.3, 0.4) is 0 Å². The lowest BCUT2D eigenvalue weighted by atomic mass is 10.2. The lowest BCUT2D eigenvalue weighted by Crippen LogP contribution is -2.20. The lowest BCUT2D eigenvalue weighted by Gasteiger charge is -2.14. The number of aromatic nitrogens is 2. The van der Waals surface area contributed by atoms with Crippen LogP contribution in [0.4, 0.5) is 17.2 Å². The molecule has 5 nitrogen and oxygen atoms in total. The molecule has 1 saturated carbocycles. The molecule has 3 rings (SSSR count). The Hall–Kier alpha value is -2.30. The number of aryl methyl sites for hydroxylation is 1. The second-order valence-corrected chi connectivity index (χ2v) is 5.52. The molecular formula is C16H20N4O. The molecule has 5 heteroatoms. The zero-order chi connectivity index (χ0) is 14.7. The van der Waals surface area contributed by atoms with Gasteiger partial charge in [-0.2, -0.15) is 0 Å². The monoisotopic (exact) mass is 284 g/mol. The van der Waals surface area contributed by atoms with Gasteiger partial charge in [0.25, 0.3) is 5.56 Å². The van der Waals surface area contributed by atoms with Gasteiger partial charge in [-0.15, -0.1) is 0 Å². The quantitative estimate of drug-likeness (QED) is 0.906. The minimum Gasteiger partial charge on any atom is -0.382 e. The van der Waals surface area contributed by atoms with Gasteiger partial charge in [0.1, 0.15) is 0 Å². The first kappa shape index (κ1) is 13.7. The van der Waals surface area contributed by atoms with Crippen LogP contribution in [0.1, 0.15) is 25.7 Å². The molecule has 110 valence electrons. The Morgan fingerprint density at radius 3 is 2.81 bits per heavy atom.